The van der Waals surface area contributed by atoms with E-state index in [1.807, 2.05) is 43.3 Å². The molecule has 0 radical (unpaired) electrons. The summed E-state index contributed by atoms with van der Waals surface area (Å²) in [4.78, 5) is 14.6. The molecular weight excluding hydrogens is 330 g/mol. The van der Waals surface area contributed by atoms with E-state index in [9.17, 15) is 4.79 Å². The molecule has 4 rings (SSSR count). The van der Waals surface area contributed by atoms with Gasteiger partial charge in [-0.15, -0.1) is 11.3 Å². The summed E-state index contributed by atoms with van der Waals surface area (Å²) in [6, 6.07) is 16.1. The Morgan fingerprint density at radius 1 is 1.08 bits per heavy atom. The van der Waals surface area contributed by atoms with Gasteiger partial charge in [0.25, 0.3) is 5.91 Å². The smallest absolute Gasteiger partial charge is 0.265 e. The SMILES string of the molecule is COc1ccc2c(c1)CCc1cc(C(=O)Nc3ccccc3C)sc1-2. The Balaban J connectivity index is 1.65. The number of rotatable bonds is 3. The highest BCUT2D eigenvalue weighted by molar-refractivity contribution is 7.17. The Labute approximate surface area is 151 Å². The lowest BCUT2D eigenvalue weighted by molar-refractivity contribution is 0.103. The number of carbonyl (C=O) groups excluding carboxylic acids is 1. The van der Waals surface area contributed by atoms with Crippen LogP contribution >= 0.6 is 11.3 Å². The number of benzene rings is 2. The molecule has 1 heterocycles. The highest BCUT2D eigenvalue weighted by atomic mass is 32.1. The van der Waals surface area contributed by atoms with Crippen molar-refractivity contribution < 1.29 is 9.53 Å². The standard InChI is InChI=1S/C21H19NO2S/c1-13-5-3-4-6-18(13)22-21(23)19-12-15-8-7-14-11-16(24-2)9-10-17(14)20(15)25-19/h3-6,9-12H,7-8H2,1-2H3,(H,22,23). The van der Waals surface area contributed by atoms with Crippen LogP contribution in [-0.4, -0.2) is 13.0 Å². The summed E-state index contributed by atoms with van der Waals surface area (Å²) in [5, 5.41) is 3.03. The highest BCUT2D eigenvalue weighted by Gasteiger charge is 2.22. The van der Waals surface area contributed by atoms with E-state index in [1.54, 1.807) is 18.4 Å². The zero-order valence-corrected chi connectivity index (χ0v) is 15.1. The molecule has 1 amide bonds. The van der Waals surface area contributed by atoms with Gasteiger partial charge in [-0.25, -0.2) is 0 Å². The molecule has 126 valence electrons. The number of anilines is 1. The van der Waals surface area contributed by atoms with Crippen LogP contribution < -0.4 is 10.1 Å². The van der Waals surface area contributed by atoms with Crippen molar-refractivity contribution in [2.75, 3.05) is 12.4 Å². The van der Waals surface area contributed by atoms with Crippen LogP contribution in [0, 0.1) is 6.92 Å². The largest absolute Gasteiger partial charge is 0.497 e. The first-order valence-corrected chi connectivity index (χ1v) is 9.14. The van der Waals surface area contributed by atoms with Crippen molar-refractivity contribution >= 4 is 22.9 Å². The molecule has 0 aliphatic heterocycles. The molecule has 0 bridgehead atoms. The Kier molecular flexibility index (Phi) is 4.06. The van der Waals surface area contributed by atoms with Crippen LogP contribution in [-0.2, 0) is 12.8 Å². The second-order valence-electron chi connectivity index (χ2n) is 6.26. The molecule has 25 heavy (non-hydrogen) atoms. The predicted octanol–water partition coefficient (Wildman–Crippen LogP) is 5.08. The van der Waals surface area contributed by atoms with E-state index in [1.165, 1.54) is 21.6 Å². The third-order valence-electron chi connectivity index (χ3n) is 4.65. The number of para-hydroxylation sites is 1. The molecule has 2 aromatic carbocycles. The summed E-state index contributed by atoms with van der Waals surface area (Å²) < 4.78 is 5.33. The van der Waals surface area contributed by atoms with Crippen LogP contribution in [0.4, 0.5) is 5.69 Å². The number of hydrogen-bond acceptors (Lipinski definition) is 3. The van der Waals surface area contributed by atoms with Gasteiger partial charge in [-0.3, -0.25) is 4.79 Å². The maximum absolute atomic E-state index is 12.7. The van der Waals surface area contributed by atoms with Gasteiger partial charge in [-0.2, -0.15) is 0 Å². The van der Waals surface area contributed by atoms with Crippen molar-refractivity contribution in [1.82, 2.24) is 0 Å². The molecule has 0 spiro atoms. The number of thiophene rings is 1. The van der Waals surface area contributed by atoms with Crippen LogP contribution in [0.15, 0.2) is 48.5 Å². The number of hydrogen-bond donors (Lipinski definition) is 1. The minimum Gasteiger partial charge on any atom is -0.497 e. The van der Waals surface area contributed by atoms with Crippen LogP contribution in [0.3, 0.4) is 0 Å². The fraction of sp³-hybridized carbons (Fsp3) is 0.190. The minimum absolute atomic E-state index is 0.0382. The van der Waals surface area contributed by atoms with Crippen molar-refractivity contribution in [2.45, 2.75) is 19.8 Å². The summed E-state index contributed by atoms with van der Waals surface area (Å²) in [6.45, 7) is 2.00. The number of aryl methyl sites for hydroxylation is 3. The van der Waals surface area contributed by atoms with Crippen molar-refractivity contribution in [1.29, 1.82) is 0 Å². The fourth-order valence-electron chi connectivity index (χ4n) is 3.25. The quantitative estimate of drug-likeness (QED) is 0.716. The number of nitrogens with one attached hydrogen (secondary N) is 1. The number of amides is 1. The van der Waals surface area contributed by atoms with E-state index in [0.29, 0.717) is 0 Å². The molecule has 4 heteroatoms. The predicted molar refractivity (Wildman–Crippen MR) is 103 cm³/mol. The van der Waals surface area contributed by atoms with E-state index in [-0.39, 0.29) is 5.91 Å². The zero-order valence-electron chi connectivity index (χ0n) is 14.3. The second-order valence-corrected chi connectivity index (χ2v) is 7.31. The van der Waals surface area contributed by atoms with Gasteiger partial charge in [-0.1, -0.05) is 18.2 Å². The molecule has 1 aliphatic rings. The molecule has 1 aromatic heterocycles. The van der Waals surface area contributed by atoms with E-state index >= 15 is 0 Å². The van der Waals surface area contributed by atoms with E-state index in [0.717, 1.165) is 34.7 Å². The van der Waals surface area contributed by atoms with Gasteiger partial charge in [-0.05, 0) is 72.4 Å². The van der Waals surface area contributed by atoms with E-state index < -0.39 is 0 Å². The maximum atomic E-state index is 12.7. The topological polar surface area (TPSA) is 38.3 Å². The first-order valence-electron chi connectivity index (χ1n) is 8.32. The molecule has 0 unspecified atom stereocenters. The van der Waals surface area contributed by atoms with Gasteiger partial charge in [0.1, 0.15) is 5.75 Å². The minimum atomic E-state index is -0.0382. The zero-order chi connectivity index (χ0) is 17.4. The Morgan fingerprint density at radius 3 is 2.68 bits per heavy atom. The van der Waals surface area contributed by atoms with Gasteiger partial charge in [0.2, 0.25) is 0 Å². The Morgan fingerprint density at radius 2 is 1.88 bits per heavy atom. The summed E-state index contributed by atoms with van der Waals surface area (Å²) >= 11 is 1.57. The number of ether oxygens (including phenoxy) is 1. The summed E-state index contributed by atoms with van der Waals surface area (Å²) in [6.07, 6.45) is 1.94. The summed E-state index contributed by atoms with van der Waals surface area (Å²) in [5.74, 6) is 0.847. The van der Waals surface area contributed by atoms with Gasteiger partial charge >= 0.3 is 0 Å². The van der Waals surface area contributed by atoms with E-state index in [4.69, 9.17) is 4.74 Å². The van der Waals surface area contributed by atoms with Crippen LogP contribution in [0.1, 0.15) is 26.4 Å². The highest BCUT2D eigenvalue weighted by Crippen LogP contribution is 2.41. The first kappa shape index (κ1) is 15.9. The fourth-order valence-corrected chi connectivity index (χ4v) is 4.41. The lowest BCUT2D eigenvalue weighted by Crippen LogP contribution is -2.11. The third-order valence-corrected chi connectivity index (χ3v) is 5.86. The lowest BCUT2D eigenvalue weighted by atomic mass is 9.91. The van der Waals surface area contributed by atoms with Gasteiger partial charge < -0.3 is 10.1 Å². The van der Waals surface area contributed by atoms with Crippen molar-refractivity contribution in [3.63, 3.8) is 0 Å². The molecule has 0 saturated carbocycles. The first-order chi connectivity index (χ1) is 12.2. The number of methoxy groups -OCH3 is 1. The average Bonchev–Trinajstić information content (AvgIpc) is 3.08. The molecule has 3 nitrogen and oxygen atoms in total. The third kappa shape index (κ3) is 2.94. The number of carbonyl (C=O) groups is 1. The van der Waals surface area contributed by atoms with Gasteiger partial charge in [0.15, 0.2) is 0 Å². The molecule has 0 saturated heterocycles. The van der Waals surface area contributed by atoms with Crippen LogP contribution in [0.5, 0.6) is 5.75 Å². The normalized spacial score (nSPS) is 12.2. The van der Waals surface area contributed by atoms with Crippen LogP contribution in [0.25, 0.3) is 10.4 Å². The molecule has 1 N–H and O–H groups in total. The Bertz CT molecular complexity index is 958. The summed E-state index contributed by atoms with van der Waals surface area (Å²) in [5.41, 5.74) is 5.71. The lowest BCUT2D eigenvalue weighted by Gasteiger charge is -2.16. The monoisotopic (exact) mass is 349 g/mol. The van der Waals surface area contributed by atoms with Gasteiger partial charge in [0.05, 0.1) is 12.0 Å². The van der Waals surface area contributed by atoms with Crippen molar-refractivity contribution in [3.8, 4) is 16.2 Å². The second kappa shape index (κ2) is 6.37. The Hall–Kier alpha value is -2.59. The molecular formula is C21H19NO2S. The van der Waals surface area contributed by atoms with Crippen LogP contribution in [0.2, 0.25) is 0 Å². The van der Waals surface area contributed by atoms with E-state index in [2.05, 4.69) is 17.4 Å². The number of fused-ring (bicyclic) bond motifs is 3. The maximum Gasteiger partial charge on any atom is 0.265 e. The van der Waals surface area contributed by atoms with Crippen molar-refractivity contribution in [3.05, 3.63) is 70.1 Å². The summed E-state index contributed by atoms with van der Waals surface area (Å²) in [7, 11) is 1.69. The molecule has 3 aromatic rings. The molecule has 0 fully saturated rings. The van der Waals surface area contributed by atoms with Gasteiger partial charge in [0, 0.05) is 10.6 Å². The molecule has 1 aliphatic carbocycles. The average molecular weight is 349 g/mol. The van der Waals surface area contributed by atoms with Crippen molar-refractivity contribution in [2.24, 2.45) is 0 Å². The molecule has 0 atom stereocenters.